The van der Waals surface area contributed by atoms with Gasteiger partial charge in [0.15, 0.2) is 0 Å². The van der Waals surface area contributed by atoms with Crippen molar-refractivity contribution < 1.29 is 7.56 Å². The van der Waals surface area contributed by atoms with Crippen molar-refractivity contribution in [2.45, 2.75) is 0 Å². The predicted molar refractivity (Wildman–Crippen MR) is 25.0 cm³/mol. The van der Waals surface area contributed by atoms with Crippen LogP contribution in [0.4, 0.5) is 4.70 Å². The molecule has 0 fully saturated rings. The molecule has 0 aliphatic heterocycles. The van der Waals surface area contributed by atoms with E-state index < -0.39 is 0 Å². The molecule has 28 valence electrons. The fraction of sp³-hybridized carbons (Fsp3) is 0. The summed E-state index contributed by atoms with van der Waals surface area (Å²) in [5, 5.41) is 0. The molecule has 0 rings (SSSR count). The zero-order valence-corrected chi connectivity index (χ0v) is 5.77. The summed E-state index contributed by atoms with van der Waals surface area (Å²) >= 11 is 0. The molecule has 0 radical (unpaired) electrons. The third-order valence-electron chi connectivity index (χ3n) is 0. The van der Waals surface area contributed by atoms with Crippen molar-refractivity contribution in [3.63, 3.8) is 0 Å². The van der Waals surface area contributed by atoms with Crippen molar-refractivity contribution in [2.75, 3.05) is 0 Å². The van der Waals surface area contributed by atoms with Crippen LogP contribution in [0.5, 0.6) is 0 Å². The van der Waals surface area contributed by atoms with E-state index >= 15 is 0 Å². The van der Waals surface area contributed by atoms with E-state index in [1.807, 2.05) is 0 Å². The van der Waals surface area contributed by atoms with Crippen molar-refractivity contribution in [3.8, 4) is 0 Å². The second-order valence-electron chi connectivity index (χ2n) is 0. The second-order valence-corrected chi connectivity index (χ2v) is 0. The van der Waals surface area contributed by atoms with Crippen LogP contribution in [-0.4, -0.2) is 37.7 Å². The van der Waals surface area contributed by atoms with Gasteiger partial charge in [0.25, 0.3) is 0 Å². The molecule has 4 heavy (non-hydrogen) atoms. The van der Waals surface area contributed by atoms with Crippen LogP contribution in [-0.2, 0) is 0 Å². The molecular weight excluding hydrogens is 130 g/mol. The van der Waals surface area contributed by atoms with Gasteiger partial charge in [-0.15, -0.1) is 24.8 Å². The average molecular weight is 135 g/mol. The molecular formula is H5CaCl2F. The Morgan fingerprint density at radius 3 is 1.00 bits per heavy atom. The average Bonchev–Trinajstić information content (AvgIpc) is 0. The fourth-order valence-electron chi connectivity index (χ4n) is 0. The Kier molecular flexibility index (Phi) is 227. The predicted octanol–water partition coefficient (Wildman–Crippen LogP) is 0.840. The molecule has 0 bridgehead atoms. The smallest absolute Gasteiger partial charge is 1.00 e. The molecule has 0 spiro atoms. The van der Waals surface area contributed by atoms with Crippen LogP contribution in [0, 0.1) is 0 Å². The van der Waals surface area contributed by atoms with Gasteiger partial charge in [0, 0.05) is 0 Å². The molecule has 0 saturated carbocycles. The Morgan fingerprint density at radius 1 is 1.00 bits per heavy atom. The monoisotopic (exact) mass is 134 g/mol. The van der Waals surface area contributed by atoms with E-state index in [4.69, 9.17) is 0 Å². The number of hydrogen-bond donors (Lipinski definition) is 0. The van der Waals surface area contributed by atoms with E-state index in [2.05, 4.69) is 0 Å². The number of hydrogen-bond acceptors (Lipinski definition) is 0. The van der Waals surface area contributed by atoms with Crippen LogP contribution >= 0.6 is 24.8 Å². The van der Waals surface area contributed by atoms with Crippen molar-refractivity contribution in [1.29, 1.82) is 0 Å². The maximum Gasteiger partial charge on any atom is 2.00 e. The van der Waals surface area contributed by atoms with Gasteiger partial charge in [-0.25, -0.2) is 0 Å². The minimum atomic E-state index is 0. The molecule has 0 aromatic rings. The Hall–Kier alpha value is 1.77. The first kappa shape index (κ1) is 41.9. The summed E-state index contributed by atoms with van der Waals surface area (Å²) in [5.74, 6) is 0. The molecule has 0 aromatic heterocycles. The topological polar surface area (TPSA) is 0 Å². The van der Waals surface area contributed by atoms with E-state index in [0.717, 1.165) is 0 Å². The van der Waals surface area contributed by atoms with Gasteiger partial charge in [-0.05, 0) is 0 Å². The molecule has 0 N–H and O–H groups in total. The second kappa shape index (κ2) is 21.6. The third kappa shape index (κ3) is 9.23. The van der Waals surface area contributed by atoms with E-state index in [-0.39, 0.29) is 70.1 Å². The van der Waals surface area contributed by atoms with Gasteiger partial charge in [-0.2, -0.15) is 0 Å². The van der Waals surface area contributed by atoms with Crippen LogP contribution in [0.1, 0.15) is 2.85 Å². The summed E-state index contributed by atoms with van der Waals surface area (Å²) in [6.07, 6.45) is 0. The Bertz CT molecular complexity index is 11.5. The molecule has 0 unspecified atom stereocenters. The molecule has 0 saturated heterocycles. The summed E-state index contributed by atoms with van der Waals surface area (Å²) in [5.41, 5.74) is 0. The molecule has 0 atom stereocenters. The van der Waals surface area contributed by atoms with Gasteiger partial charge < -0.3 is 2.85 Å². The van der Waals surface area contributed by atoms with E-state index in [1.54, 1.807) is 0 Å². The summed E-state index contributed by atoms with van der Waals surface area (Å²) in [6, 6.07) is 0. The molecule has 0 aliphatic carbocycles. The first-order chi connectivity index (χ1) is 0. The molecule has 0 nitrogen and oxygen atoms in total. The minimum Gasteiger partial charge on any atom is -1.00 e. The summed E-state index contributed by atoms with van der Waals surface area (Å²) in [6.45, 7) is 0. The summed E-state index contributed by atoms with van der Waals surface area (Å²) in [7, 11) is 0. The van der Waals surface area contributed by atoms with E-state index in [1.165, 1.54) is 0 Å². The van der Waals surface area contributed by atoms with Gasteiger partial charge in [0.05, 0.1) is 0 Å². The number of rotatable bonds is 0. The Morgan fingerprint density at radius 2 is 1.00 bits per heavy atom. The van der Waals surface area contributed by atoms with Crippen molar-refractivity contribution in [2.24, 2.45) is 0 Å². The van der Waals surface area contributed by atoms with E-state index in [0.29, 0.717) is 0 Å². The van der Waals surface area contributed by atoms with Crippen LogP contribution < -0.4 is 0 Å². The van der Waals surface area contributed by atoms with Crippen LogP contribution in [0.15, 0.2) is 0 Å². The fourth-order valence-corrected chi connectivity index (χ4v) is 0. The number of halogens is 3. The normalized spacial score (nSPS) is 0. The van der Waals surface area contributed by atoms with Crippen molar-refractivity contribution in [1.82, 2.24) is 0 Å². The van der Waals surface area contributed by atoms with Gasteiger partial charge in [-0.1, -0.05) is 0 Å². The molecule has 0 amide bonds. The molecule has 0 aliphatic rings. The van der Waals surface area contributed by atoms with Crippen LogP contribution in [0.3, 0.4) is 0 Å². The van der Waals surface area contributed by atoms with Crippen LogP contribution in [0.2, 0.25) is 0 Å². The van der Waals surface area contributed by atoms with Crippen LogP contribution in [0.25, 0.3) is 0 Å². The SMILES string of the molecule is Cl.Cl.F.[Ca+2].[H-].[H-]. The Balaban J connectivity index is 0. The maximum absolute atomic E-state index is 0. The van der Waals surface area contributed by atoms with E-state index in [9.17, 15) is 0 Å². The van der Waals surface area contributed by atoms with Gasteiger partial charge in [-0.3, -0.25) is 4.70 Å². The third-order valence-corrected chi connectivity index (χ3v) is 0. The Labute approximate surface area is 69.5 Å². The minimum absolute atomic E-state index is 0. The summed E-state index contributed by atoms with van der Waals surface area (Å²) in [4.78, 5) is 0. The maximum atomic E-state index is 0. The molecule has 4 heteroatoms. The largest absolute Gasteiger partial charge is 2.00 e. The molecule has 0 heterocycles. The van der Waals surface area contributed by atoms with Gasteiger partial charge in [0.1, 0.15) is 0 Å². The van der Waals surface area contributed by atoms with Crippen molar-refractivity contribution >= 4 is 62.6 Å². The van der Waals surface area contributed by atoms with Gasteiger partial charge in [0.2, 0.25) is 0 Å². The summed E-state index contributed by atoms with van der Waals surface area (Å²) < 4.78 is 0. The zero-order chi connectivity index (χ0) is 0. The van der Waals surface area contributed by atoms with Crippen molar-refractivity contribution in [3.05, 3.63) is 0 Å². The quantitative estimate of drug-likeness (QED) is 0.432. The standard InChI is InChI=1S/Ca.2ClH.FH.2H/h;3*1H;;/q+2;;;;2*-1. The van der Waals surface area contributed by atoms with Gasteiger partial charge >= 0.3 is 37.7 Å². The first-order valence-electron chi connectivity index (χ1n) is 0. The first-order valence-corrected chi connectivity index (χ1v) is 0. The molecule has 0 aromatic carbocycles. The zero-order valence-electron chi connectivity index (χ0n) is 3.93.